The molecule has 19 heavy (non-hydrogen) atoms. The predicted molar refractivity (Wildman–Crippen MR) is 77.2 cm³/mol. The lowest BCUT2D eigenvalue weighted by atomic mass is 9.91. The molecule has 1 aromatic rings. The third-order valence-electron chi connectivity index (χ3n) is 3.92. The third kappa shape index (κ3) is 3.40. The van der Waals surface area contributed by atoms with Gasteiger partial charge in [0, 0.05) is 17.8 Å². The summed E-state index contributed by atoms with van der Waals surface area (Å²) in [6, 6.07) is 5.55. The lowest BCUT2D eigenvalue weighted by molar-refractivity contribution is 0.321. The second-order valence-corrected chi connectivity index (χ2v) is 6.38. The van der Waals surface area contributed by atoms with Gasteiger partial charge in [-0.2, -0.15) is 0 Å². The second-order valence-electron chi connectivity index (χ2n) is 6.38. The minimum atomic E-state index is -0.295. The molecule has 0 bridgehead atoms. The first-order valence-electron chi connectivity index (χ1n) is 7.10. The van der Waals surface area contributed by atoms with Crippen LogP contribution in [0.5, 0.6) is 5.75 Å². The molecule has 0 spiro atoms. The molecule has 2 rings (SSSR count). The van der Waals surface area contributed by atoms with Crippen molar-refractivity contribution in [2.24, 2.45) is 11.3 Å². The molecule has 1 aromatic carbocycles. The SMILES string of the molecule is CCOc1ccc(NC2CC(C)(C)CC2C)cc1F. The van der Waals surface area contributed by atoms with E-state index in [0.29, 0.717) is 29.7 Å². The zero-order valence-electron chi connectivity index (χ0n) is 12.3. The third-order valence-corrected chi connectivity index (χ3v) is 3.92. The molecule has 2 unspecified atom stereocenters. The van der Waals surface area contributed by atoms with Crippen molar-refractivity contribution >= 4 is 5.69 Å². The van der Waals surface area contributed by atoms with Crippen molar-refractivity contribution < 1.29 is 9.13 Å². The van der Waals surface area contributed by atoms with Crippen LogP contribution in [0.1, 0.15) is 40.5 Å². The van der Waals surface area contributed by atoms with E-state index in [4.69, 9.17) is 4.74 Å². The van der Waals surface area contributed by atoms with Crippen molar-refractivity contribution in [1.82, 2.24) is 0 Å². The van der Waals surface area contributed by atoms with E-state index in [2.05, 4.69) is 26.1 Å². The Bertz CT molecular complexity index is 444. The van der Waals surface area contributed by atoms with E-state index in [-0.39, 0.29) is 5.82 Å². The van der Waals surface area contributed by atoms with Gasteiger partial charge in [0.15, 0.2) is 11.6 Å². The maximum Gasteiger partial charge on any atom is 0.167 e. The molecular formula is C16H24FNO. The zero-order chi connectivity index (χ0) is 14.0. The smallest absolute Gasteiger partial charge is 0.167 e. The molecule has 2 nitrogen and oxygen atoms in total. The summed E-state index contributed by atoms with van der Waals surface area (Å²) >= 11 is 0. The first kappa shape index (κ1) is 14.2. The molecule has 0 radical (unpaired) electrons. The number of nitrogens with one attached hydrogen (secondary N) is 1. The van der Waals surface area contributed by atoms with E-state index < -0.39 is 0 Å². The van der Waals surface area contributed by atoms with Gasteiger partial charge in [-0.25, -0.2) is 4.39 Å². The number of anilines is 1. The average Bonchev–Trinajstić information content (AvgIpc) is 2.56. The number of hydrogen-bond acceptors (Lipinski definition) is 2. The molecule has 3 heteroatoms. The number of halogens is 1. The molecule has 0 amide bonds. The Morgan fingerprint density at radius 1 is 1.37 bits per heavy atom. The van der Waals surface area contributed by atoms with Crippen LogP contribution in [0.15, 0.2) is 18.2 Å². The molecular weight excluding hydrogens is 241 g/mol. The summed E-state index contributed by atoms with van der Waals surface area (Å²) in [6.07, 6.45) is 2.34. The van der Waals surface area contributed by atoms with Crippen molar-refractivity contribution in [3.05, 3.63) is 24.0 Å². The van der Waals surface area contributed by atoms with E-state index in [1.165, 1.54) is 12.5 Å². The van der Waals surface area contributed by atoms with E-state index in [1.54, 1.807) is 6.07 Å². The minimum Gasteiger partial charge on any atom is -0.491 e. The van der Waals surface area contributed by atoms with Gasteiger partial charge in [0.1, 0.15) is 0 Å². The summed E-state index contributed by atoms with van der Waals surface area (Å²) in [5, 5.41) is 3.46. The highest BCUT2D eigenvalue weighted by Gasteiger charge is 2.36. The Morgan fingerprint density at radius 2 is 2.11 bits per heavy atom. The molecule has 1 aliphatic rings. The van der Waals surface area contributed by atoms with Gasteiger partial charge >= 0.3 is 0 Å². The quantitative estimate of drug-likeness (QED) is 0.867. The topological polar surface area (TPSA) is 21.3 Å². The highest BCUT2D eigenvalue weighted by molar-refractivity contribution is 5.48. The highest BCUT2D eigenvalue weighted by Crippen LogP contribution is 2.42. The van der Waals surface area contributed by atoms with Crippen LogP contribution in [-0.2, 0) is 0 Å². The predicted octanol–water partition coefficient (Wildman–Crippen LogP) is 4.46. The summed E-state index contributed by atoms with van der Waals surface area (Å²) in [5.74, 6) is 0.647. The summed E-state index contributed by atoms with van der Waals surface area (Å²) < 4.78 is 19.0. The largest absolute Gasteiger partial charge is 0.491 e. The molecule has 1 N–H and O–H groups in total. The lowest BCUT2D eigenvalue weighted by Gasteiger charge is -2.20. The average molecular weight is 265 g/mol. The molecule has 0 heterocycles. The fraction of sp³-hybridized carbons (Fsp3) is 0.625. The molecule has 106 valence electrons. The van der Waals surface area contributed by atoms with Crippen LogP contribution in [0.4, 0.5) is 10.1 Å². The van der Waals surface area contributed by atoms with Crippen molar-refractivity contribution in [3.63, 3.8) is 0 Å². The van der Waals surface area contributed by atoms with Crippen molar-refractivity contribution in [2.75, 3.05) is 11.9 Å². The fourth-order valence-electron chi connectivity index (χ4n) is 3.16. The summed E-state index contributed by atoms with van der Waals surface area (Å²) in [4.78, 5) is 0. The van der Waals surface area contributed by atoms with Gasteiger partial charge in [-0.1, -0.05) is 20.8 Å². The maximum absolute atomic E-state index is 13.8. The van der Waals surface area contributed by atoms with E-state index in [1.807, 2.05) is 13.0 Å². The van der Waals surface area contributed by atoms with Crippen LogP contribution >= 0.6 is 0 Å². The van der Waals surface area contributed by atoms with Gasteiger partial charge < -0.3 is 10.1 Å². The normalized spacial score (nSPS) is 25.3. The number of ether oxygens (including phenoxy) is 1. The van der Waals surface area contributed by atoms with Gasteiger partial charge in [-0.05, 0) is 43.2 Å². The van der Waals surface area contributed by atoms with Gasteiger partial charge in [0.05, 0.1) is 6.61 Å². The molecule has 1 aliphatic carbocycles. The Hall–Kier alpha value is -1.25. The van der Waals surface area contributed by atoms with E-state index in [9.17, 15) is 4.39 Å². The van der Waals surface area contributed by atoms with Crippen LogP contribution in [0.25, 0.3) is 0 Å². The minimum absolute atomic E-state index is 0.295. The number of rotatable bonds is 4. The van der Waals surface area contributed by atoms with Crippen LogP contribution in [0.3, 0.4) is 0 Å². The van der Waals surface area contributed by atoms with Crippen LogP contribution in [0.2, 0.25) is 0 Å². The van der Waals surface area contributed by atoms with Crippen LogP contribution in [-0.4, -0.2) is 12.6 Å². The molecule has 0 aromatic heterocycles. The molecule has 0 aliphatic heterocycles. The van der Waals surface area contributed by atoms with Crippen molar-refractivity contribution in [1.29, 1.82) is 0 Å². The second kappa shape index (κ2) is 5.40. The van der Waals surface area contributed by atoms with Gasteiger partial charge in [0.2, 0.25) is 0 Å². The Balaban J connectivity index is 2.06. The Labute approximate surface area is 115 Å². The number of hydrogen-bond donors (Lipinski definition) is 1. The first-order valence-corrected chi connectivity index (χ1v) is 7.10. The highest BCUT2D eigenvalue weighted by atomic mass is 19.1. The van der Waals surface area contributed by atoms with Crippen LogP contribution in [0, 0.1) is 17.2 Å². The monoisotopic (exact) mass is 265 g/mol. The molecule has 2 atom stereocenters. The van der Waals surface area contributed by atoms with Gasteiger partial charge in [-0.15, -0.1) is 0 Å². The van der Waals surface area contributed by atoms with Crippen LogP contribution < -0.4 is 10.1 Å². The summed E-state index contributed by atoms with van der Waals surface area (Å²) in [5.41, 5.74) is 1.22. The summed E-state index contributed by atoms with van der Waals surface area (Å²) in [7, 11) is 0. The Morgan fingerprint density at radius 3 is 2.63 bits per heavy atom. The maximum atomic E-state index is 13.8. The fourth-order valence-corrected chi connectivity index (χ4v) is 3.16. The zero-order valence-corrected chi connectivity index (χ0v) is 12.3. The first-order chi connectivity index (χ1) is 8.91. The number of benzene rings is 1. The standard InChI is InChI=1S/C16H24FNO/c1-5-19-15-7-6-12(8-13(15)17)18-14-10-16(3,4)9-11(14)2/h6-8,11,14,18H,5,9-10H2,1-4H3. The Kier molecular flexibility index (Phi) is 4.02. The van der Waals surface area contributed by atoms with Crippen molar-refractivity contribution in [2.45, 2.75) is 46.6 Å². The lowest BCUT2D eigenvalue weighted by Crippen LogP contribution is -2.22. The van der Waals surface area contributed by atoms with Gasteiger partial charge in [-0.3, -0.25) is 0 Å². The molecule has 0 saturated heterocycles. The molecule has 1 saturated carbocycles. The van der Waals surface area contributed by atoms with Gasteiger partial charge in [0.25, 0.3) is 0 Å². The van der Waals surface area contributed by atoms with Crippen molar-refractivity contribution in [3.8, 4) is 5.75 Å². The molecule has 1 fully saturated rings. The van der Waals surface area contributed by atoms with E-state index >= 15 is 0 Å². The van der Waals surface area contributed by atoms with E-state index in [0.717, 1.165) is 12.1 Å². The summed E-state index contributed by atoms with van der Waals surface area (Å²) in [6.45, 7) is 9.19.